The van der Waals surface area contributed by atoms with Gasteiger partial charge in [-0.1, -0.05) is 78.3 Å². The van der Waals surface area contributed by atoms with E-state index in [1.165, 1.54) is 4.90 Å². The van der Waals surface area contributed by atoms with Crippen LogP contribution >= 0.6 is 11.6 Å². The fourth-order valence-electron chi connectivity index (χ4n) is 3.59. The highest BCUT2D eigenvalue weighted by atomic mass is 35.5. The molecule has 0 saturated heterocycles. The smallest absolute Gasteiger partial charge is 0.264 e. The highest BCUT2D eigenvalue weighted by molar-refractivity contribution is 6.31. The number of Topliss-reactive ketones (excluding diaryl/α,β-unsaturated/α-hetero) is 1. The van der Waals surface area contributed by atoms with Crippen molar-refractivity contribution in [3.05, 3.63) is 101 Å². The maximum Gasteiger partial charge on any atom is 0.264 e. The molecule has 0 radical (unpaired) electrons. The summed E-state index contributed by atoms with van der Waals surface area (Å²) >= 11 is 6.26. The summed E-state index contributed by atoms with van der Waals surface area (Å²) in [4.78, 5) is 27.5. The summed E-state index contributed by atoms with van der Waals surface area (Å²) in [5.41, 5.74) is 0.369. The van der Waals surface area contributed by atoms with E-state index in [1.807, 2.05) is 24.3 Å². The van der Waals surface area contributed by atoms with Gasteiger partial charge in [-0.3, -0.25) is 9.59 Å². The number of carbonyl (C=O) groups excluding carboxylic acids is 2. The van der Waals surface area contributed by atoms with Crippen LogP contribution < -0.4 is 4.90 Å². The quantitative estimate of drug-likeness (QED) is 0.658. The largest absolute Gasteiger partial charge is 0.375 e. The number of ketones is 1. The molecule has 28 heavy (non-hydrogen) atoms. The first-order valence-electron chi connectivity index (χ1n) is 8.96. The SMILES string of the molecule is O=C(C[C@@]1(O)C(=O)N(Cc2ccccc2Cl)c2ccccc21)c1ccccc1. The van der Waals surface area contributed by atoms with Gasteiger partial charge in [-0.25, -0.2) is 0 Å². The first kappa shape index (κ1) is 18.4. The number of carbonyl (C=O) groups is 2. The summed E-state index contributed by atoms with van der Waals surface area (Å²) in [7, 11) is 0. The number of amides is 1. The van der Waals surface area contributed by atoms with Gasteiger partial charge in [0.25, 0.3) is 5.91 Å². The Kier molecular flexibility index (Phi) is 4.75. The van der Waals surface area contributed by atoms with Gasteiger partial charge in [-0.15, -0.1) is 0 Å². The first-order chi connectivity index (χ1) is 13.5. The molecule has 1 aliphatic rings. The molecule has 0 unspecified atom stereocenters. The zero-order chi connectivity index (χ0) is 19.7. The van der Waals surface area contributed by atoms with Crippen LogP contribution in [0.2, 0.25) is 5.02 Å². The van der Waals surface area contributed by atoms with Gasteiger partial charge in [-0.05, 0) is 17.7 Å². The summed E-state index contributed by atoms with van der Waals surface area (Å²) in [5.74, 6) is -0.802. The minimum absolute atomic E-state index is 0.220. The van der Waals surface area contributed by atoms with Gasteiger partial charge >= 0.3 is 0 Å². The second-order valence-electron chi connectivity index (χ2n) is 6.83. The number of fused-ring (bicyclic) bond motifs is 1. The lowest BCUT2D eigenvalue weighted by atomic mass is 9.88. The molecule has 1 amide bonds. The molecule has 4 rings (SSSR count). The Morgan fingerprint density at radius 3 is 2.32 bits per heavy atom. The average molecular weight is 392 g/mol. The van der Waals surface area contributed by atoms with Crippen LogP contribution in [0, 0.1) is 0 Å². The van der Waals surface area contributed by atoms with Crippen LogP contribution in [0.5, 0.6) is 0 Å². The van der Waals surface area contributed by atoms with E-state index in [-0.39, 0.29) is 18.7 Å². The molecule has 0 aromatic heterocycles. The predicted molar refractivity (Wildman–Crippen MR) is 108 cm³/mol. The van der Waals surface area contributed by atoms with Crippen LogP contribution in [0.3, 0.4) is 0 Å². The molecule has 1 atom stereocenters. The number of hydrogen-bond acceptors (Lipinski definition) is 3. The Morgan fingerprint density at radius 1 is 0.929 bits per heavy atom. The van der Waals surface area contributed by atoms with Crippen molar-refractivity contribution in [1.29, 1.82) is 0 Å². The zero-order valence-corrected chi connectivity index (χ0v) is 15.8. The first-order valence-corrected chi connectivity index (χ1v) is 9.34. The monoisotopic (exact) mass is 391 g/mol. The molecule has 0 spiro atoms. The number of aliphatic hydroxyl groups is 1. The number of halogens is 1. The topological polar surface area (TPSA) is 57.6 Å². The van der Waals surface area contributed by atoms with Crippen molar-refractivity contribution in [3.8, 4) is 0 Å². The van der Waals surface area contributed by atoms with Gasteiger partial charge in [0.05, 0.1) is 18.7 Å². The van der Waals surface area contributed by atoms with E-state index in [1.54, 1.807) is 54.6 Å². The van der Waals surface area contributed by atoms with Crippen molar-refractivity contribution in [1.82, 2.24) is 0 Å². The Hall–Kier alpha value is -2.95. The Morgan fingerprint density at radius 2 is 1.57 bits per heavy atom. The van der Waals surface area contributed by atoms with Gasteiger partial charge in [0.15, 0.2) is 11.4 Å². The summed E-state index contributed by atoms with van der Waals surface area (Å²) in [6.07, 6.45) is -0.314. The molecular formula is C23H18ClNO3. The minimum Gasteiger partial charge on any atom is -0.375 e. The second kappa shape index (κ2) is 7.23. The number of hydrogen-bond donors (Lipinski definition) is 1. The van der Waals surface area contributed by atoms with Gasteiger partial charge in [0.1, 0.15) is 0 Å². The maximum absolute atomic E-state index is 13.2. The Balaban J connectivity index is 1.70. The average Bonchev–Trinajstić information content (AvgIpc) is 2.92. The molecule has 1 heterocycles. The summed E-state index contributed by atoms with van der Waals surface area (Å²) in [5, 5.41) is 11.9. The van der Waals surface area contributed by atoms with Crippen molar-refractivity contribution in [2.75, 3.05) is 4.90 Å². The van der Waals surface area contributed by atoms with Crippen LogP contribution in [0.15, 0.2) is 78.9 Å². The lowest BCUT2D eigenvalue weighted by Gasteiger charge is -2.23. The van der Waals surface area contributed by atoms with Gasteiger partial charge in [-0.2, -0.15) is 0 Å². The second-order valence-corrected chi connectivity index (χ2v) is 7.23. The number of anilines is 1. The third-order valence-electron chi connectivity index (χ3n) is 5.04. The van der Waals surface area contributed by atoms with Gasteiger partial charge in [0, 0.05) is 16.1 Å². The highest BCUT2D eigenvalue weighted by Gasteiger charge is 2.50. The van der Waals surface area contributed by atoms with E-state index in [0.717, 1.165) is 5.56 Å². The molecular weight excluding hydrogens is 374 g/mol. The zero-order valence-electron chi connectivity index (χ0n) is 15.0. The van der Waals surface area contributed by atoms with Crippen LogP contribution in [-0.4, -0.2) is 16.8 Å². The van der Waals surface area contributed by atoms with E-state index in [0.29, 0.717) is 21.8 Å². The minimum atomic E-state index is -1.90. The van der Waals surface area contributed by atoms with Crippen molar-refractivity contribution >= 4 is 29.0 Å². The lowest BCUT2D eigenvalue weighted by Crippen LogP contribution is -2.41. The molecule has 1 aliphatic heterocycles. The van der Waals surface area contributed by atoms with E-state index >= 15 is 0 Å². The van der Waals surface area contributed by atoms with Crippen LogP contribution in [0.1, 0.15) is 27.9 Å². The van der Waals surface area contributed by atoms with Crippen LogP contribution in [0.4, 0.5) is 5.69 Å². The van der Waals surface area contributed by atoms with Gasteiger partial charge < -0.3 is 10.0 Å². The number of rotatable bonds is 5. The Labute approximate surface area is 168 Å². The van der Waals surface area contributed by atoms with Gasteiger partial charge in [0.2, 0.25) is 0 Å². The third kappa shape index (κ3) is 3.11. The fraction of sp³-hybridized carbons (Fsp3) is 0.130. The molecule has 0 saturated carbocycles. The molecule has 1 N–H and O–H groups in total. The van der Waals surface area contributed by atoms with E-state index in [9.17, 15) is 14.7 Å². The standard InChI is InChI=1S/C23H18ClNO3/c24-19-12-6-4-10-17(19)15-25-20-13-7-5-11-18(20)23(28,22(25)27)14-21(26)16-8-2-1-3-9-16/h1-13,28H,14-15H2/t23-/m0/s1. The molecule has 140 valence electrons. The van der Waals surface area contributed by atoms with E-state index in [4.69, 9.17) is 11.6 Å². The van der Waals surface area contributed by atoms with Crippen molar-refractivity contribution in [3.63, 3.8) is 0 Å². The van der Waals surface area contributed by atoms with Crippen molar-refractivity contribution in [2.24, 2.45) is 0 Å². The summed E-state index contributed by atoms with van der Waals surface area (Å²) in [6.45, 7) is 0.220. The van der Waals surface area contributed by atoms with E-state index < -0.39 is 11.5 Å². The lowest BCUT2D eigenvalue weighted by molar-refractivity contribution is -0.136. The summed E-state index contributed by atoms with van der Waals surface area (Å²) < 4.78 is 0. The normalized spacial score (nSPS) is 18.2. The molecule has 3 aromatic carbocycles. The van der Waals surface area contributed by atoms with Crippen LogP contribution in [-0.2, 0) is 16.9 Å². The number of nitrogens with zero attached hydrogens (tertiary/aromatic N) is 1. The third-order valence-corrected chi connectivity index (χ3v) is 5.41. The Bertz CT molecular complexity index is 1050. The maximum atomic E-state index is 13.2. The molecule has 3 aromatic rings. The molecule has 5 heteroatoms. The van der Waals surface area contributed by atoms with Crippen molar-refractivity contribution < 1.29 is 14.7 Å². The van der Waals surface area contributed by atoms with E-state index in [2.05, 4.69) is 0 Å². The van der Waals surface area contributed by atoms with Crippen molar-refractivity contribution in [2.45, 2.75) is 18.6 Å². The summed E-state index contributed by atoms with van der Waals surface area (Å²) in [6, 6.07) is 23.0. The molecule has 0 fully saturated rings. The number of para-hydroxylation sites is 1. The number of benzene rings is 3. The predicted octanol–water partition coefficient (Wildman–Crippen LogP) is 4.35. The molecule has 4 nitrogen and oxygen atoms in total. The molecule has 0 aliphatic carbocycles. The highest BCUT2D eigenvalue weighted by Crippen LogP contribution is 2.43. The molecule has 0 bridgehead atoms. The van der Waals surface area contributed by atoms with Crippen LogP contribution in [0.25, 0.3) is 0 Å². The fourth-order valence-corrected chi connectivity index (χ4v) is 3.79.